The maximum atomic E-state index is 6.12. The molecule has 100 valence electrons. The molecule has 18 heavy (non-hydrogen) atoms. The highest BCUT2D eigenvalue weighted by molar-refractivity contribution is 6.30. The molecule has 0 aromatic heterocycles. The van der Waals surface area contributed by atoms with Crippen LogP contribution in [0.1, 0.15) is 37.7 Å². The number of nitrogens with two attached hydrogens (primary N) is 1. The Hall–Kier alpha value is -0.730. The van der Waals surface area contributed by atoms with Gasteiger partial charge in [-0.1, -0.05) is 18.0 Å². The van der Waals surface area contributed by atoms with Gasteiger partial charge in [-0.15, -0.1) is 0 Å². The third-order valence-electron chi connectivity index (χ3n) is 3.56. The van der Waals surface area contributed by atoms with E-state index in [0.29, 0.717) is 0 Å². The molecule has 0 aliphatic heterocycles. The summed E-state index contributed by atoms with van der Waals surface area (Å²) >= 11 is 6.12. The largest absolute Gasteiger partial charge is 0.493 e. The van der Waals surface area contributed by atoms with Gasteiger partial charge in [0.2, 0.25) is 0 Å². The number of rotatable bonds is 7. The van der Waals surface area contributed by atoms with Crippen molar-refractivity contribution in [1.29, 1.82) is 0 Å². The van der Waals surface area contributed by atoms with Gasteiger partial charge < -0.3 is 10.5 Å². The normalized spacial score (nSPS) is 15.4. The van der Waals surface area contributed by atoms with Crippen LogP contribution in [0.25, 0.3) is 0 Å². The molecule has 0 radical (unpaired) electrons. The second kappa shape index (κ2) is 7.01. The first-order valence-corrected chi connectivity index (χ1v) is 7.28. The minimum Gasteiger partial charge on any atom is -0.493 e. The number of unbranched alkanes of at least 4 members (excludes halogenated alkanes) is 1. The lowest BCUT2D eigenvalue weighted by Gasteiger charge is -2.25. The number of hydrogen-bond acceptors (Lipinski definition) is 2. The molecule has 2 rings (SSSR count). The van der Waals surface area contributed by atoms with Gasteiger partial charge >= 0.3 is 0 Å². The van der Waals surface area contributed by atoms with Crippen molar-refractivity contribution in [1.82, 2.24) is 0 Å². The van der Waals surface area contributed by atoms with Crippen molar-refractivity contribution < 1.29 is 4.74 Å². The summed E-state index contributed by atoms with van der Waals surface area (Å²) in [6, 6.07) is 6.04. The van der Waals surface area contributed by atoms with E-state index in [0.717, 1.165) is 49.1 Å². The molecule has 0 spiro atoms. The zero-order valence-electron chi connectivity index (χ0n) is 10.8. The van der Waals surface area contributed by atoms with Crippen molar-refractivity contribution >= 4 is 11.6 Å². The Balaban J connectivity index is 1.87. The van der Waals surface area contributed by atoms with Crippen molar-refractivity contribution in [2.75, 3.05) is 13.2 Å². The second-order valence-corrected chi connectivity index (χ2v) is 5.59. The Morgan fingerprint density at radius 1 is 1.22 bits per heavy atom. The molecule has 0 bridgehead atoms. The number of ether oxygens (including phenoxy) is 1. The number of benzene rings is 1. The smallest absolute Gasteiger partial charge is 0.121 e. The average molecular weight is 268 g/mol. The van der Waals surface area contributed by atoms with Crippen LogP contribution < -0.4 is 10.5 Å². The fourth-order valence-corrected chi connectivity index (χ4v) is 2.44. The Labute approximate surface area is 114 Å². The minimum absolute atomic E-state index is 0.754. The zero-order valence-corrected chi connectivity index (χ0v) is 11.6. The fraction of sp³-hybridized carbons (Fsp3) is 0.600. The number of hydrogen-bond donors (Lipinski definition) is 1. The van der Waals surface area contributed by atoms with Crippen LogP contribution in [0.15, 0.2) is 18.2 Å². The number of halogens is 1. The monoisotopic (exact) mass is 267 g/mol. The van der Waals surface area contributed by atoms with E-state index in [1.54, 1.807) is 0 Å². The van der Waals surface area contributed by atoms with Crippen LogP contribution in [0.5, 0.6) is 5.75 Å². The van der Waals surface area contributed by atoms with Gasteiger partial charge in [0.15, 0.2) is 0 Å². The van der Waals surface area contributed by atoms with E-state index in [9.17, 15) is 0 Å². The van der Waals surface area contributed by atoms with Crippen LogP contribution in [-0.2, 0) is 6.42 Å². The van der Waals surface area contributed by atoms with Gasteiger partial charge in [-0.05, 0) is 68.3 Å². The molecule has 2 nitrogen and oxygen atoms in total. The summed E-state index contributed by atoms with van der Waals surface area (Å²) in [6.07, 6.45) is 7.17. The van der Waals surface area contributed by atoms with Crippen molar-refractivity contribution in [3.8, 4) is 5.75 Å². The fourth-order valence-electron chi connectivity index (χ4n) is 2.20. The van der Waals surface area contributed by atoms with E-state index >= 15 is 0 Å². The maximum absolute atomic E-state index is 6.12. The summed E-state index contributed by atoms with van der Waals surface area (Å²) in [4.78, 5) is 0. The third kappa shape index (κ3) is 4.18. The van der Waals surface area contributed by atoms with Crippen molar-refractivity contribution in [3.05, 3.63) is 28.8 Å². The molecule has 0 atom stereocenters. The Morgan fingerprint density at radius 3 is 2.72 bits per heavy atom. The predicted molar refractivity (Wildman–Crippen MR) is 76.3 cm³/mol. The van der Waals surface area contributed by atoms with Gasteiger partial charge in [0.1, 0.15) is 5.75 Å². The van der Waals surface area contributed by atoms with Crippen LogP contribution >= 0.6 is 11.6 Å². The average Bonchev–Trinajstić information content (AvgIpc) is 2.26. The Morgan fingerprint density at radius 2 is 2.06 bits per heavy atom. The van der Waals surface area contributed by atoms with E-state index in [1.807, 2.05) is 12.1 Å². The minimum atomic E-state index is 0.754. The highest BCUT2D eigenvalue weighted by atomic mass is 35.5. The highest BCUT2D eigenvalue weighted by Gasteiger charge is 2.17. The number of aryl methyl sites for hydroxylation is 1. The molecular formula is C15H22ClNO. The van der Waals surface area contributed by atoms with E-state index in [-0.39, 0.29) is 0 Å². The highest BCUT2D eigenvalue weighted by Crippen LogP contribution is 2.28. The summed E-state index contributed by atoms with van der Waals surface area (Å²) in [5, 5.41) is 0.767. The first-order valence-electron chi connectivity index (χ1n) is 6.90. The lowest BCUT2D eigenvalue weighted by Crippen LogP contribution is -2.19. The molecule has 0 saturated heterocycles. The van der Waals surface area contributed by atoms with E-state index in [2.05, 4.69) is 6.07 Å². The molecule has 2 N–H and O–H groups in total. The summed E-state index contributed by atoms with van der Waals surface area (Å²) in [7, 11) is 0. The van der Waals surface area contributed by atoms with Gasteiger partial charge in [-0.25, -0.2) is 0 Å². The molecule has 0 amide bonds. The quantitative estimate of drug-likeness (QED) is 0.763. The molecule has 1 aromatic carbocycles. The molecule has 1 saturated carbocycles. The standard InChI is InChI=1S/C15H22ClNO/c16-14-8-13(4-1-2-7-17)9-15(10-14)18-11-12-5-3-6-12/h8-10,12H,1-7,11,17H2. The van der Waals surface area contributed by atoms with Crippen LogP contribution in [0.3, 0.4) is 0 Å². The van der Waals surface area contributed by atoms with Crippen LogP contribution in [-0.4, -0.2) is 13.2 Å². The van der Waals surface area contributed by atoms with Crippen molar-refractivity contribution in [2.24, 2.45) is 11.7 Å². The molecule has 3 heteroatoms. The van der Waals surface area contributed by atoms with Gasteiger partial charge in [0.25, 0.3) is 0 Å². The van der Waals surface area contributed by atoms with Crippen molar-refractivity contribution in [2.45, 2.75) is 38.5 Å². The summed E-state index contributed by atoms with van der Waals surface area (Å²) in [6.45, 7) is 1.59. The van der Waals surface area contributed by atoms with E-state index in [1.165, 1.54) is 24.8 Å². The molecule has 0 unspecified atom stereocenters. The van der Waals surface area contributed by atoms with Gasteiger partial charge in [0, 0.05) is 5.02 Å². The summed E-state index contributed by atoms with van der Waals surface area (Å²) in [5.41, 5.74) is 6.75. The van der Waals surface area contributed by atoms with Gasteiger partial charge in [-0.2, -0.15) is 0 Å². The van der Waals surface area contributed by atoms with Crippen LogP contribution in [0.2, 0.25) is 5.02 Å². The Bertz CT molecular complexity index is 377. The van der Waals surface area contributed by atoms with Crippen molar-refractivity contribution in [3.63, 3.8) is 0 Å². The summed E-state index contributed by atoms with van der Waals surface area (Å²) < 4.78 is 5.83. The molecule has 1 fully saturated rings. The maximum Gasteiger partial charge on any atom is 0.121 e. The molecular weight excluding hydrogens is 246 g/mol. The van der Waals surface area contributed by atoms with E-state index < -0.39 is 0 Å². The molecule has 1 aliphatic carbocycles. The lowest BCUT2D eigenvalue weighted by molar-refractivity contribution is 0.180. The topological polar surface area (TPSA) is 35.2 Å². The predicted octanol–water partition coefficient (Wildman–Crippen LogP) is 3.80. The van der Waals surface area contributed by atoms with E-state index in [4.69, 9.17) is 22.1 Å². The lowest BCUT2D eigenvalue weighted by atomic mass is 9.86. The molecule has 1 aromatic rings. The first-order chi connectivity index (χ1) is 8.78. The summed E-state index contributed by atoms with van der Waals surface area (Å²) in [5.74, 6) is 1.67. The zero-order chi connectivity index (χ0) is 12.8. The van der Waals surface area contributed by atoms with Gasteiger partial charge in [-0.3, -0.25) is 0 Å². The molecule has 0 heterocycles. The van der Waals surface area contributed by atoms with Crippen LogP contribution in [0, 0.1) is 5.92 Å². The SMILES string of the molecule is NCCCCc1cc(Cl)cc(OCC2CCC2)c1. The molecule has 1 aliphatic rings. The van der Waals surface area contributed by atoms with Crippen LogP contribution in [0.4, 0.5) is 0 Å². The third-order valence-corrected chi connectivity index (χ3v) is 3.78. The van der Waals surface area contributed by atoms with Gasteiger partial charge in [0.05, 0.1) is 6.61 Å². The first kappa shape index (κ1) is 13.7. The Kier molecular flexibility index (Phi) is 5.33. The second-order valence-electron chi connectivity index (χ2n) is 5.15.